The number of rotatable bonds is 3. The molecule has 0 fully saturated rings. The van der Waals surface area contributed by atoms with Crippen molar-refractivity contribution in [3.63, 3.8) is 0 Å². The van der Waals surface area contributed by atoms with Crippen molar-refractivity contribution in [2.45, 2.75) is 19.8 Å². The Morgan fingerprint density at radius 3 is 2.42 bits per heavy atom. The predicted molar refractivity (Wildman–Crippen MR) is 73.5 cm³/mol. The van der Waals surface area contributed by atoms with Crippen LogP contribution in [0.15, 0.2) is 30.4 Å². The largest absolute Gasteiger partial charge is 0.481 e. The van der Waals surface area contributed by atoms with Gasteiger partial charge in [-0.15, -0.1) is 0 Å². The van der Waals surface area contributed by atoms with Crippen molar-refractivity contribution in [2.75, 3.05) is 0 Å². The zero-order valence-electron chi connectivity index (χ0n) is 10.6. The number of ketones is 1. The van der Waals surface area contributed by atoms with Crippen LogP contribution in [-0.4, -0.2) is 16.9 Å². The molecular weight excluding hydrogens is 264 g/mol. The summed E-state index contributed by atoms with van der Waals surface area (Å²) in [7, 11) is 0. The van der Waals surface area contributed by atoms with E-state index in [1.807, 2.05) is 19.1 Å². The van der Waals surface area contributed by atoms with Crippen LogP contribution in [0.1, 0.15) is 28.8 Å². The predicted octanol–water partition coefficient (Wildman–Crippen LogP) is 3.50. The van der Waals surface area contributed by atoms with Crippen LogP contribution in [-0.2, 0) is 4.79 Å². The Morgan fingerprint density at radius 2 is 1.84 bits per heavy atom. The molecule has 3 nitrogen and oxygen atoms in total. The molecule has 0 amide bonds. The van der Waals surface area contributed by atoms with Gasteiger partial charge in [0.1, 0.15) is 0 Å². The van der Waals surface area contributed by atoms with E-state index in [9.17, 15) is 14.7 Å². The number of benzene rings is 1. The molecule has 2 atom stereocenters. The Balaban J connectivity index is 2.29. The number of aliphatic carboxylic acids is 1. The van der Waals surface area contributed by atoms with Crippen LogP contribution in [0.5, 0.6) is 0 Å². The first-order chi connectivity index (χ1) is 9.00. The third kappa shape index (κ3) is 2.87. The van der Waals surface area contributed by atoms with Gasteiger partial charge in [-0.3, -0.25) is 9.59 Å². The van der Waals surface area contributed by atoms with Crippen molar-refractivity contribution < 1.29 is 14.7 Å². The molecule has 0 aromatic heterocycles. The quantitative estimate of drug-likeness (QED) is 0.680. The van der Waals surface area contributed by atoms with E-state index in [0.717, 1.165) is 5.56 Å². The lowest BCUT2D eigenvalue weighted by atomic mass is 9.78. The highest BCUT2D eigenvalue weighted by atomic mass is 35.5. The van der Waals surface area contributed by atoms with Crippen molar-refractivity contribution >= 4 is 23.4 Å². The molecule has 0 spiro atoms. The second-order valence-electron chi connectivity index (χ2n) is 4.82. The molecule has 0 aliphatic heterocycles. The Morgan fingerprint density at radius 1 is 1.21 bits per heavy atom. The van der Waals surface area contributed by atoms with Gasteiger partial charge >= 0.3 is 5.97 Å². The summed E-state index contributed by atoms with van der Waals surface area (Å²) in [4.78, 5) is 23.7. The first kappa shape index (κ1) is 13.8. The molecule has 0 saturated heterocycles. The maximum atomic E-state index is 12.4. The fourth-order valence-electron chi connectivity index (χ4n) is 2.39. The number of Topliss-reactive ketones (excluding diaryl/α,β-unsaturated/α-hetero) is 1. The maximum Gasteiger partial charge on any atom is 0.307 e. The first-order valence-electron chi connectivity index (χ1n) is 6.19. The summed E-state index contributed by atoms with van der Waals surface area (Å²) < 4.78 is 0. The van der Waals surface area contributed by atoms with Crippen molar-refractivity contribution in [3.05, 3.63) is 46.5 Å². The Labute approximate surface area is 116 Å². The van der Waals surface area contributed by atoms with E-state index in [2.05, 4.69) is 0 Å². The summed E-state index contributed by atoms with van der Waals surface area (Å²) in [6, 6.07) is 5.06. The summed E-state index contributed by atoms with van der Waals surface area (Å²) in [5, 5.41) is 9.80. The molecule has 0 heterocycles. The fourth-order valence-corrected chi connectivity index (χ4v) is 2.51. The number of hydrogen-bond donors (Lipinski definition) is 1. The summed E-state index contributed by atoms with van der Waals surface area (Å²) in [5.41, 5.74) is 1.36. The Bertz CT molecular complexity index is 548. The average Bonchev–Trinajstić information content (AvgIpc) is 2.41. The van der Waals surface area contributed by atoms with Gasteiger partial charge in [0.2, 0.25) is 0 Å². The topological polar surface area (TPSA) is 54.4 Å². The van der Waals surface area contributed by atoms with Crippen LogP contribution in [0.3, 0.4) is 0 Å². The smallest absolute Gasteiger partial charge is 0.307 e. The molecule has 1 aromatic rings. The molecule has 1 aliphatic rings. The molecule has 2 unspecified atom stereocenters. The molecule has 1 aromatic carbocycles. The van der Waals surface area contributed by atoms with E-state index in [1.54, 1.807) is 18.2 Å². The van der Waals surface area contributed by atoms with Gasteiger partial charge in [-0.25, -0.2) is 0 Å². The van der Waals surface area contributed by atoms with Gasteiger partial charge in [-0.2, -0.15) is 0 Å². The summed E-state index contributed by atoms with van der Waals surface area (Å²) in [6.07, 6.45) is 4.61. The number of allylic oxidation sites excluding steroid dienone is 2. The minimum absolute atomic E-state index is 0.114. The maximum absolute atomic E-state index is 12.4. The van der Waals surface area contributed by atoms with Gasteiger partial charge in [0.05, 0.1) is 5.92 Å². The first-order valence-corrected chi connectivity index (χ1v) is 6.56. The number of carboxylic acid groups (broad SMARTS) is 1. The van der Waals surface area contributed by atoms with Crippen LogP contribution in [0.4, 0.5) is 0 Å². The molecule has 1 N–H and O–H groups in total. The van der Waals surface area contributed by atoms with E-state index < -0.39 is 17.8 Å². The number of aryl methyl sites for hydroxylation is 1. The SMILES string of the molecule is Cc1cc(C(=O)C2CC=CCC2C(=O)O)ccc1Cl. The zero-order valence-corrected chi connectivity index (χ0v) is 11.4. The summed E-state index contributed by atoms with van der Waals surface area (Å²) >= 11 is 5.93. The molecule has 100 valence electrons. The lowest BCUT2D eigenvalue weighted by Crippen LogP contribution is -2.31. The Kier molecular flexibility index (Phi) is 4.05. The zero-order chi connectivity index (χ0) is 14.0. The molecule has 0 bridgehead atoms. The van der Waals surface area contributed by atoms with Crippen LogP contribution < -0.4 is 0 Å². The van der Waals surface area contributed by atoms with Crippen LogP contribution in [0.2, 0.25) is 5.02 Å². The Hall–Kier alpha value is -1.61. The molecular formula is C15H15ClO3. The van der Waals surface area contributed by atoms with Gasteiger partial charge in [-0.1, -0.05) is 23.8 Å². The monoisotopic (exact) mass is 278 g/mol. The number of halogens is 1. The van der Waals surface area contributed by atoms with Crippen molar-refractivity contribution in [3.8, 4) is 0 Å². The average molecular weight is 279 g/mol. The summed E-state index contributed by atoms with van der Waals surface area (Å²) in [6.45, 7) is 1.83. The third-order valence-electron chi connectivity index (χ3n) is 3.53. The second kappa shape index (κ2) is 5.57. The summed E-state index contributed by atoms with van der Waals surface area (Å²) in [5.74, 6) is -2.14. The van der Waals surface area contributed by atoms with Gasteiger partial charge < -0.3 is 5.11 Å². The highest BCUT2D eigenvalue weighted by Crippen LogP contribution is 2.30. The van der Waals surface area contributed by atoms with Crippen LogP contribution >= 0.6 is 11.6 Å². The molecule has 2 rings (SSSR count). The lowest BCUT2D eigenvalue weighted by Gasteiger charge is -2.24. The standard InChI is InChI=1S/C15H15ClO3/c1-9-8-10(6-7-13(9)16)14(17)11-4-2-3-5-12(11)15(18)19/h2-3,6-8,11-12H,4-5H2,1H3,(H,18,19). The molecule has 4 heteroatoms. The van der Waals surface area contributed by atoms with E-state index in [-0.39, 0.29) is 5.78 Å². The van der Waals surface area contributed by atoms with Gasteiger partial charge in [0.15, 0.2) is 5.78 Å². The van der Waals surface area contributed by atoms with Crippen LogP contribution in [0, 0.1) is 18.8 Å². The highest BCUT2D eigenvalue weighted by molar-refractivity contribution is 6.31. The van der Waals surface area contributed by atoms with Crippen molar-refractivity contribution in [2.24, 2.45) is 11.8 Å². The number of hydrogen-bond acceptors (Lipinski definition) is 2. The molecule has 19 heavy (non-hydrogen) atoms. The highest BCUT2D eigenvalue weighted by Gasteiger charge is 2.34. The number of carbonyl (C=O) groups is 2. The van der Waals surface area contributed by atoms with Gasteiger partial charge in [0, 0.05) is 16.5 Å². The molecule has 0 saturated carbocycles. The number of carbonyl (C=O) groups excluding carboxylic acids is 1. The van der Waals surface area contributed by atoms with Crippen LogP contribution in [0.25, 0.3) is 0 Å². The van der Waals surface area contributed by atoms with E-state index in [4.69, 9.17) is 11.6 Å². The minimum atomic E-state index is -0.909. The fraction of sp³-hybridized carbons (Fsp3) is 0.333. The van der Waals surface area contributed by atoms with E-state index in [1.165, 1.54) is 0 Å². The molecule has 1 aliphatic carbocycles. The lowest BCUT2D eigenvalue weighted by molar-refractivity contribution is -0.143. The number of carboxylic acids is 1. The third-order valence-corrected chi connectivity index (χ3v) is 3.95. The van der Waals surface area contributed by atoms with E-state index >= 15 is 0 Å². The van der Waals surface area contributed by atoms with E-state index in [0.29, 0.717) is 23.4 Å². The van der Waals surface area contributed by atoms with Gasteiger partial charge in [-0.05, 0) is 43.5 Å². The molecule has 0 radical (unpaired) electrons. The second-order valence-corrected chi connectivity index (χ2v) is 5.23. The van der Waals surface area contributed by atoms with Crippen molar-refractivity contribution in [1.29, 1.82) is 0 Å². The van der Waals surface area contributed by atoms with Gasteiger partial charge in [0.25, 0.3) is 0 Å². The normalized spacial score (nSPS) is 22.2. The van der Waals surface area contributed by atoms with Crippen molar-refractivity contribution in [1.82, 2.24) is 0 Å². The minimum Gasteiger partial charge on any atom is -0.481 e.